The first-order chi connectivity index (χ1) is 18.7. The van der Waals surface area contributed by atoms with Gasteiger partial charge in [0.05, 0.1) is 4.91 Å². The number of carbonyl (C=O) groups is 1. The van der Waals surface area contributed by atoms with E-state index in [4.69, 9.17) is 12.2 Å². The lowest BCUT2D eigenvalue weighted by Gasteiger charge is -2.36. The van der Waals surface area contributed by atoms with Crippen molar-refractivity contribution in [2.24, 2.45) is 11.8 Å². The van der Waals surface area contributed by atoms with Crippen LogP contribution in [0.25, 0.3) is 6.08 Å². The lowest BCUT2D eigenvalue weighted by Crippen LogP contribution is -2.40. The molecule has 2 fully saturated rings. The minimum atomic E-state index is -0.241. The first-order valence-electron chi connectivity index (χ1n) is 14.0. The Labute approximate surface area is 241 Å². The number of thioether (sulfide) groups is 1. The van der Waals surface area contributed by atoms with Gasteiger partial charge >= 0.3 is 0 Å². The highest BCUT2D eigenvalue weighted by Crippen LogP contribution is 2.37. The molecule has 0 saturated carbocycles. The first kappa shape index (κ1) is 29.1. The second-order valence-electron chi connectivity index (χ2n) is 11.0. The minimum absolute atomic E-state index is 0.101. The average Bonchev–Trinajstić information content (AvgIpc) is 3.18. The van der Waals surface area contributed by atoms with E-state index in [1.165, 1.54) is 17.3 Å². The number of aromatic nitrogens is 1. The lowest BCUT2D eigenvalue weighted by molar-refractivity contribution is -0.122. The van der Waals surface area contributed by atoms with Crippen molar-refractivity contribution in [1.29, 1.82) is 5.26 Å². The Balaban J connectivity index is 1.74. The number of hydrogen-bond donors (Lipinski definition) is 0. The molecule has 0 spiro atoms. The number of carbonyl (C=O) groups excluding carboxylic acids is 1. The number of thiocarbonyl (C=S) groups is 1. The van der Waals surface area contributed by atoms with Crippen LogP contribution in [0.5, 0.6) is 0 Å². The molecule has 39 heavy (non-hydrogen) atoms. The number of rotatable bonds is 9. The van der Waals surface area contributed by atoms with Gasteiger partial charge < -0.3 is 4.90 Å². The monoisotopic (exact) mass is 562 g/mol. The zero-order valence-electron chi connectivity index (χ0n) is 23.4. The number of hydrogen-bond acceptors (Lipinski definition) is 6. The summed E-state index contributed by atoms with van der Waals surface area (Å²) in [5.41, 5.74) is 2.68. The van der Waals surface area contributed by atoms with Crippen molar-refractivity contribution in [3.8, 4) is 6.07 Å². The maximum absolute atomic E-state index is 13.6. The molecule has 2 aliphatic heterocycles. The quantitative estimate of drug-likeness (QED) is 0.270. The second-order valence-corrected chi connectivity index (χ2v) is 12.6. The van der Waals surface area contributed by atoms with Gasteiger partial charge in [-0.25, -0.2) is 0 Å². The van der Waals surface area contributed by atoms with Gasteiger partial charge in [0, 0.05) is 31.7 Å². The van der Waals surface area contributed by atoms with E-state index in [1.54, 1.807) is 9.47 Å². The van der Waals surface area contributed by atoms with Gasteiger partial charge in [-0.1, -0.05) is 81.5 Å². The molecule has 0 unspecified atom stereocenters. The average molecular weight is 563 g/mol. The van der Waals surface area contributed by atoms with Crippen molar-refractivity contribution in [2.75, 3.05) is 24.5 Å². The van der Waals surface area contributed by atoms with E-state index in [-0.39, 0.29) is 17.0 Å². The summed E-state index contributed by atoms with van der Waals surface area (Å²) in [6, 6.07) is 12.8. The molecular weight excluding hydrogens is 525 g/mol. The molecule has 3 heterocycles. The van der Waals surface area contributed by atoms with Gasteiger partial charge in [0.1, 0.15) is 21.8 Å². The van der Waals surface area contributed by atoms with Crippen LogP contribution in [-0.4, -0.2) is 39.3 Å². The lowest BCUT2D eigenvalue weighted by atomic mass is 9.90. The molecule has 1 aromatic heterocycles. The Kier molecular flexibility index (Phi) is 9.68. The third kappa shape index (κ3) is 6.47. The van der Waals surface area contributed by atoms with Gasteiger partial charge in [0.15, 0.2) is 0 Å². The Morgan fingerprint density at radius 3 is 2.49 bits per heavy atom. The van der Waals surface area contributed by atoms with Crippen LogP contribution < -0.4 is 10.5 Å². The molecule has 1 amide bonds. The van der Waals surface area contributed by atoms with Crippen LogP contribution in [0.2, 0.25) is 0 Å². The topological polar surface area (TPSA) is 69.3 Å². The van der Waals surface area contributed by atoms with Crippen molar-refractivity contribution in [1.82, 2.24) is 9.47 Å². The number of amides is 1. The summed E-state index contributed by atoms with van der Waals surface area (Å²) in [6.45, 7) is 10.8. The highest BCUT2D eigenvalue weighted by molar-refractivity contribution is 8.26. The minimum Gasteiger partial charge on any atom is -0.357 e. The molecule has 0 atom stereocenters. The van der Waals surface area contributed by atoms with Crippen LogP contribution in [0, 0.1) is 30.1 Å². The summed E-state index contributed by atoms with van der Waals surface area (Å²) in [6.07, 6.45) is 6.74. The molecule has 0 aliphatic carbocycles. The van der Waals surface area contributed by atoms with Crippen molar-refractivity contribution in [3.63, 3.8) is 0 Å². The SMILES string of the molecule is CCCCn1c(N2CCC(Cc3ccccc3)CC2)c(C=C2SC(=S)N(CC(C)C)C2=O)c(C)c(C#N)c1=O. The number of piperidine rings is 1. The van der Waals surface area contributed by atoms with Crippen LogP contribution in [0.1, 0.15) is 68.7 Å². The molecule has 8 heteroatoms. The second kappa shape index (κ2) is 13.0. The summed E-state index contributed by atoms with van der Waals surface area (Å²) in [5, 5.41) is 9.95. The number of nitrogens with zero attached hydrogens (tertiary/aromatic N) is 4. The fourth-order valence-electron chi connectivity index (χ4n) is 5.46. The van der Waals surface area contributed by atoms with Crippen molar-refractivity contribution >= 4 is 46.1 Å². The molecule has 2 saturated heterocycles. The van der Waals surface area contributed by atoms with E-state index in [9.17, 15) is 14.9 Å². The molecule has 2 aliphatic rings. The molecule has 2 aromatic rings. The molecule has 6 nitrogen and oxygen atoms in total. The standard InChI is InChI=1S/C31H38N4O2S2/c1-5-6-14-34-28(33-15-12-24(13-16-33)17-23-10-8-7-9-11-23)25(22(4)26(19-32)29(34)36)18-27-30(37)35(20-21(2)3)31(38)39-27/h7-11,18,21,24H,5-6,12-17,20H2,1-4H3. The number of nitriles is 1. The number of anilines is 1. The van der Waals surface area contributed by atoms with E-state index in [2.05, 4.69) is 56.0 Å². The van der Waals surface area contributed by atoms with Gasteiger partial charge in [0.25, 0.3) is 11.5 Å². The van der Waals surface area contributed by atoms with Crippen LogP contribution >= 0.6 is 24.0 Å². The third-order valence-electron chi connectivity index (χ3n) is 7.56. The summed E-state index contributed by atoms with van der Waals surface area (Å²) in [7, 11) is 0. The van der Waals surface area contributed by atoms with Crippen LogP contribution in [0.3, 0.4) is 0 Å². The smallest absolute Gasteiger partial charge is 0.270 e. The van der Waals surface area contributed by atoms with E-state index in [1.807, 2.05) is 19.1 Å². The highest BCUT2D eigenvalue weighted by atomic mass is 32.2. The van der Waals surface area contributed by atoms with Crippen LogP contribution in [0.4, 0.5) is 5.82 Å². The fraction of sp³-hybridized carbons (Fsp3) is 0.484. The Morgan fingerprint density at radius 2 is 1.87 bits per heavy atom. The first-order valence-corrected chi connectivity index (χ1v) is 15.2. The number of unbranched alkanes of at least 4 members (excludes halogenated alkanes) is 1. The van der Waals surface area contributed by atoms with Gasteiger partial charge in [-0.3, -0.25) is 19.1 Å². The molecular formula is C31H38N4O2S2. The third-order valence-corrected chi connectivity index (χ3v) is 8.94. The Bertz CT molecular complexity index is 1350. The summed E-state index contributed by atoms with van der Waals surface area (Å²) >= 11 is 6.85. The fourth-order valence-corrected chi connectivity index (χ4v) is 6.72. The molecule has 1 aromatic carbocycles. The maximum Gasteiger partial charge on any atom is 0.270 e. The van der Waals surface area contributed by atoms with E-state index in [0.717, 1.165) is 56.6 Å². The zero-order chi connectivity index (χ0) is 28.1. The Morgan fingerprint density at radius 1 is 1.18 bits per heavy atom. The van der Waals surface area contributed by atoms with Gasteiger partial charge in [0.2, 0.25) is 0 Å². The summed E-state index contributed by atoms with van der Waals surface area (Å²) in [5.74, 6) is 1.60. The highest BCUT2D eigenvalue weighted by Gasteiger charge is 2.34. The van der Waals surface area contributed by atoms with Gasteiger partial charge in [-0.15, -0.1) is 0 Å². The molecule has 0 N–H and O–H groups in total. The number of pyridine rings is 1. The van der Waals surface area contributed by atoms with E-state index < -0.39 is 0 Å². The van der Waals surface area contributed by atoms with E-state index >= 15 is 0 Å². The summed E-state index contributed by atoms with van der Waals surface area (Å²) in [4.78, 5) is 31.4. The molecule has 0 radical (unpaired) electrons. The largest absolute Gasteiger partial charge is 0.357 e. The van der Waals surface area contributed by atoms with E-state index in [0.29, 0.717) is 39.7 Å². The van der Waals surface area contributed by atoms with Crippen LogP contribution in [0.15, 0.2) is 40.0 Å². The summed E-state index contributed by atoms with van der Waals surface area (Å²) < 4.78 is 2.34. The van der Waals surface area contributed by atoms with Gasteiger partial charge in [-0.2, -0.15) is 5.26 Å². The van der Waals surface area contributed by atoms with Crippen molar-refractivity contribution < 1.29 is 4.79 Å². The predicted octanol–water partition coefficient (Wildman–Crippen LogP) is 6.14. The predicted molar refractivity (Wildman–Crippen MR) is 165 cm³/mol. The normalized spacial score (nSPS) is 17.5. The molecule has 0 bridgehead atoms. The maximum atomic E-state index is 13.6. The number of benzene rings is 1. The Hall–Kier alpha value is -2.89. The molecule has 4 rings (SSSR count). The van der Waals surface area contributed by atoms with Gasteiger partial charge in [-0.05, 0) is 61.6 Å². The van der Waals surface area contributed by atoms with Crippen LogP contribution in [-0.2, 0) is 17.8 Å². The van der Waals surface area contributed by atoms with Crippen molar-refractivity contribution in [2.45, 2.75) is 66.3 Å². The molecule has 206 valence electrons. The zero-order valence-corrected chi connectivity index (χ0v) is 25.0. The van der Waals surface area contributed by atoms with Crippen molar-refractivity contribution in [3.05, 3.63) is 67.8 Å².